The number of hydrazone groups is 1. The van der Waals surface area contributed by atoms with Crippen molar-refractivity contribution in [2.45, 2.75) is 34.0 Å². The molecule has 2 heterocycles. The van der Waals surface area contributed by atoms with E-state index in [0.29, 0.717) is 49.1 Å². The first-order valence-corrected chi connectivity index (χ1v) is 16.0. The number of carbonyl (C=O) groups is 1. The highest BCUT2D eigenvalue weighted by Crippen LogP contribution is 2.43. The fraction of sp³-hybridized carbons (Fsp3) is 0.176. The van der Waals surface area contributed by atoms with Crippen molar-refractivity contribution in [3.8, 4) is 22.9 Å². The number of furan rings is 1. The van der Waals surface area contributed by atoms with Crippen molar-refractivity contribution in [2.75, 3.05) is 6.61 Å². The average Bonchev–Trinajstić information content (AvgIpc) is 3.65. The molecule has 0 aliphatic heterocycles. The van der Waals surface area contributed by atoms with E-state index >= 15 is 0 Å². The number of amides is 1. The summed E-state index contributed by atoms with van der Waals surface area (Å²) < 4.78 is 26.9. The number of rotatable bonds is 12. The number of aryl methyl sites for hydroxylation is 2. The number of benzene rings is 3. The second-order valence-electron chi connectivity index (χ2n) is 9.93. The van der Waals surface area contributed by atoms with E-state index in [1.807, 2.05) is 55.5 Å². The van der Waals surface area contributed by atoms with Crippen molar-refractivity contribution in [1.29, 1.82) is 0 Å². The fourth-order valence-electron chi connectivity index (χ4n) is 4.58. The van der Waals surface area contributed by atoms with Gasteiger partial charge in [-0.2, -0.15) is 5.10 Å². The molecule has 3 aromatic carbocycles. The van der Waals surface area contributed by atoms with Crippen molar-refractivity contribution in [1.82, 2.24) is 9.99 Å². The molecule has 1 N–H and O–H groups in total. The van der Waals surface area contributed by atoms with Gasteiger partial charge in [-0.05, 0) is 113 Å². The lowest BCUT2D eigenvalue weighted by Crippen LogP contribution is -2.17. The fourth-order valence-corrected chi connectivity index (χ4v) is 5.70. The Morgan fingerprint density at radius 3 is 2.38 bits per heavy atom. The highest BCUT2D eigenvalue weighted by Gasteiger charge is 2.18. The minimum Gasteiger partial charge on any atom is -0.490 e. The molecule has 0 spiro atoms. The third kappa shape index (κ3) is 7.81. The summed E-state index contributed by atoms with van der Waals surface area (Å²) in [5.41, 5.74) is 7.38. The number of nitrogens with zero attached hydrogens (tertiary/aromatic N) is 2. The van der Waals surface area contributed by atoms with E-state index in [-0.39, 0.29) is 19.0 Å². The van der Waals surface area contributed by atoms with E-state index in [1.165, 1.54) is 6.21 Å². The molecule has 1 amide bonds. The maximum absolute atomic E-state index is 12.7. The summed E-state index contributed by atoms with van der Waals surface area (Å²) in [5.74, 6) is 1.82. The van der Waals surface area contributed by atoms with Crippen LogP contribution in [0.25, 0.3) is 5.69 Å². The number of hydrogen-bond donors (Lipinski definition) is 1. The van der Waals surface area contributed by atoms with Crippen LogP contribution in [0.2, 0.25) is 5.02 Å². The minimum absolute atomic E-state index is 0.109. The highest BCUT2D eigenvalue weighted by atomic mass is 79.9. The second kappa shape index (κ2) is 14.9. The number of nitrogens with one attached hydrogen (secondary N) is 1. The summed E-state index contributed by atoms with van der Waals surface area (Å²) in [6.07, 6.45) is 1.50. The largest absolute Gasteiger partial charge is 0.490 e. The Morgan fingerprint density at radius 2 is 1.67 bits per heavy atom. The molecular weight excluding hydrogens is 726 g/mol. The molecule has 5 rings (SSSR count). The molecule has 2 aromatic heterocycles. The molecular formula is C34H30Br2ClN3O5. The number of aromatic nitrogens is 1. The monoisotopic (exact) mass is 753 g/mol. The molecule has 232 valence electrons. The first kappa shape index (κ1) is 32.4. The predicted molar refractivity (Wildman–Crippen MR) is 182 cm³/mol. The summed E-state index contributed by atoms with van der Waals surface area (Å²) in [5, 5.41) is 4.73. The Morgan fingerprint density at radius 1 is 0.933 bits per heavy atom. The topological polar surface area (TPSA) is 87.2 Å². The zero-order valence-corrected chi connectivity index (χ0v) is 28.7. The second-order valence-corrected chi connectivity index (χ2v) is 11.9. The molecule has 45 heavy (non-hydrogen) atoms. The average molecular weight is 756 g/mol. The molecule has 11 heteroatoms. The van der Waals surface area contributed by atoms with Gasteiger partial charge in [0.25, 0.3) is 0 Å². The summed E-state index contributed by atoms with van der Waals surface area (Å²) in [4.78, 5) is 12.7. The highest BCUT2D eigenvalue weighted by molar-refractivity contribution is 9.13. The lowest BCUT2D eigenvalue weighted by atomic mass is 10.2. The number of carbonyl (C=O) groups excluding carboxylic acids is 1. The van der Waals surface area contributed by atoms with Gasteiger partial charge < -0.3 is 23.2 Å². The maximum Gasteiger partial charge on any atom is 0.307 e. The van der Waals surface area contributed by atoms with E-state index < -0.39 is 5.91 Å². The summed E-state index contributed by atoms with van der Waals surface area (Å²) in [6.45, 7) is 6.87. The van der Waals surface area contributed by atoms with E-state index in [4.69, 9.17) is 30.2 Å². The molecule has 0 aliphatic rings. The van der Waals surface area contributed by atoms with Crippen LogP contribution in [0, 0.1) is 13.8 Å². The Bertz CT molecular complexity index is 1810. The SMILES string of the molecule is CCOc1cc(/C=N/NC(=O)c2ccc(COc3ccc(-n4c(C)ccc4C)cc3)o2)c(Br)c(Br)c1OCc1ccccc1Cl. The standard InChI is InChI=1S/C34H30Br2ClN3O5/c1-4-42-30-17-24(31(35)32(36)33(30)44-19-23-7-5-6-8-28(23)37)18-38-39-34(41)29-16-15-27(45-29)20-43-26-13-11-25(12-14-26)40-21(2)9-10-22(40)3/h5-18H,4,19-20H2,1-3H3,(H,39,41)/b38-18+. The van der Waals surface area contributed by atoms with Crippen LogP contribution in [0.1, 0.15) is 45.8 Å². The normalized spacial score (nSPS) is 11.2. The zero-order chi connectivity index (χ0) is 31.9. The van der Waals surface area contributed by atoms with Crippen LogP contribution in [0.15, 0.2) is 97.3 Å². The van der Waals surface area contributed by atoms with Crippen molar-refractivity contribution in [3.63, 3.8) is 0 Å². The van der Waals surface area contributed by atoms with Gasteiger partial charge in [-0.25, -0.2) is 5.43 Å². The molecule has 5 aromatic rings. The Labute approximate surface area is 283 Å². The van der Waals surface area contributed by atoms with Crippen LogP contribution < -0.4 is 19.6 Å². The molecule has 0 saturated heterocycles. The maximum atomic E-state index is 12.7. The van der Waals surface area contributed by atoms with Crippen LogP contribution in [-0.4, -0.2) is 23.3 Å². The molecule has 0 radical (unpaired) electrons. The third-order valence-corrected chi connectivity index (χ3v) is 9.30. The first-order chi connectivity index (χ1) is 21.7. The molecule has 8 nitrogen and oxygen atoms in total. The van der Waals surface area contributed by atoms with Crippen LogP contribution in [0.4, 0.5) is 0 Å². The predicted octanol–water partition coefficient (Wildman–Crippen LogP) is 9.19. The van der Waals surface area contributed by atoms with Crippen LogP contribution in [0.5, 0.6) is 17.2 Å². The molecule has 0 unspecified atom stereocenters. The quantitative estimate of drug-likeness (QED) is 0.101. The lowest BCUT2D eigenvalue weighted by Gasteiger charge is -2.16. The van der Waals surface area contributed by atoms with Crippen molar-refractivity contribution >= 4 is 55.6 Å². The number of halogens is 3. The van der Waals surface area contributed by atoms with Crippen molar-refractivity contribution < 1.29 is 23.4 Å². The van der Waals surface area contributed by atoms with Gasteiger partial charge in [0.15, 0.2) is 17.3 Å². The van der Waals surface area contributed by atoms with Crippen molar-refractivity contribution in [2.24, 2.45) is 5.10 Å². The van der Waals surface area contributed by atoms with Gasteiger partial charge >= 0.3 is 5.91 Å². The Balaban J connectivity index is 1.19. The van der Waals surface area contributed by atoms with Gasteiger partial charge in [-0.3, -0.25) is 4.79 Å². The summed E-state index contributed by atoms with van der Waals surface area (Å²) in [6, 6.07) is 24.5. The minimum atomic E-state index is -0.501. The molecule has 0 bridgehead atoms. The van der Waals surface area contributed by atoms with Crippen molar-refractivity contribution in [3.05, 3.63) is 127 Å². The van der Waals surface area contributed by atoms with Gasteiger partial charge in [0.2, 0.25) is 0 Å². The van der Waals surface area contributed by atoms with Gasteiger partial charge in [0.05, 0.1) is 17.3 Å². The van der Waals surface area contributed by atoms with E-state index in [1.54, 1.807) is 18.2 Å². The number of hydrogen-bond acceptors (Lipinski definition) is 6. The first-order valence-electron chi connectivity index (χ1n) is 14.1. The summed E-state index contributed by atoms with van der Waals surface area (Å²) in [7, 11) is 0. The number of ether oxygens (including phenoxy) is 3. The van der Waals surface area contributed by atoms with E-state index in [0.717, 1.165) is 22.6 Å². The third-order valence-electron chi connectivity index (χ3n) is 6.79. The van der Waals surface area contributed by atoms with Crippen LogP contribution in [-0.2, 0) is 13.2 Å². The van der Waals surface area contributed by atoms with Crippen LogP contribution >= 0.6 is 43.5 Å². The van der Waals surface area contributed by atoms with Crippen LogP contribution in [0.3, 0.4) is 0 Å². The van der Waals surface area contributed by atoms with Gasteiger partial charge in [-0.15, -0.1) is 0 Å². The van der Waals surface area contributed by atoms with E-state index in [2.05, 4.69) is 72.9 Å². The van der Waals surface area contributed by atoms with Gasteiger partial charge in [0, 0.05) is 37.7 Å². The molecule has 0 saturated carbocycles. The Kier molecular flexibility index (Phi) is 10.7. The molecule has 0 fully saturated rings. The summed E-state index contributed by atoms with van der Waals surface area (Å²) >= 11 is 13.5. The zero-order valence-electron chi connectivity index (χ0n) is 24.8. The Hall–Kier alpha value is -3.99. The smallest absolute Gasteiger partial charge is 0.307 e. The van der Waals surface area contributed by atoms with Gasteiger partial charge in [0.1, 0.15) is 24.7 Å². The van der Waals surface area contributed by atoms with Gasteiger partial charge in [-0.1, -0.05) is 29.8 Å². The lowest BCUT2D eigenvalue weighted by molar-refractivity contribution is 0.0923. The molecule has 0 atom stereocenters. The molecule has 0 aliphatic carbocycles. The van der Waals surface area contributed by atoms with E-state index in [9.17, 15) is 4.79 Å².